The van der Waals surface area contributed by atoms with Gasteiger partial charge < -0.3 is 10.6 Å². The van der Waals surface area contributed by atoms with Crippen LogP contribution in [-0.4, -0.2) is 10.9 Å². The first-order chi connectivity index (χ1) is 12.0. The molecule has 0 saturated carbocycles. The summed E-state index contributed by atoms with van der Waals surface area (Å²) in [5.74, 6) is -0.259. The first kappa shape index (κ1) is 17.0. The van der Waals surface area contributed by atoms with Crippen LogP contribution in [-0.2, 0) is 0 Å². The number of para-hydroxylation sites is 1. The van der Waals surface area contributed by atoms with E-state index in [9.17, 15) is 4.79 Å². The number of carbonyl (C=O) groups excluding carboxylic acids is 1. The highest BCUT2D eigenvalue weighted by molar-refractivity contribution is 6.33. The molecule has 126 valence electrons. The number of halogens is 1. The molecule has 1 aromatic heterocycles. The van der Waals surface area contributed by atoms with Crippen molar-refractivity contribution < 1.29 is 4.79 Å². The molecule has 3 rings (SSSR count). The topological polar surface area (TPSA) is 54.0 Å². The molecule has 0 aliphatic carbocycles. The maximum atomic E-state index is 12.4. The fourth-order valence-electron chi connectivity index (χ4n) is 2.50. The molecule has 25 heavy (non-hydrogen) atoms. The minimum Gasteiger partial charge on any atom is -0.354 e. The van der Waals surface area contributed by atoms with Gasteiger partial charge in [0.05, 0.1) is 28.2 Å². The second-order valence-electron chi connectivity index (χ2n) is 5.84. The number of aryl methyl sites for hydroxylation is 2. The predicted octanol–water partition coefficient (Wildman–Crippen LogP) is 5.35. The Balaban J connectivity index is 1.79. The highest BCUT2D eigenvalue weighted by Crippen LogP contribution is 2.23. The van der Waals surface area contributed by atoms with E-state index in [-0.39, 0.29) is 5.91 Å². The van der Waals surface area contributed by atoms with Gasteiger partial charge in [-0.3, -0.25) is 9.78 Å². The number of anilines is 3. The van der Waals surface area contributed by atoms with Crippen LogP contribution < -0.4 is 10.6 Å². The van der Waals surface area contributed by atoms with Gasteiger partial charge in [0.1, 0.15) is 0 Å². The van der Waals surface area contributed by atoms with E-state index >= 15 is 0 Å². The molecular formula is C20H18ClN3O. The Kier molecular flexibility index (Phi) is 5.00. The molecule has 4 nitrogen and oxygen atoms in total. The fraction of sp³-hybridized carbons (Fsp3) is 0.100. The molecule has 0 aliphatic rings. The summed E-state index contributed by atoms with van der Waals surface area (Å²) in [7, 11) is 0. The predicted molar refractivity (Wildman–Crippen MR) is 103 cm³/mol. The molecule has 5 heteroatoms. The number of benzene rings is 2. The van der Waals surface area contributed by atoms with Gasteiger partial charge in [0.25, 0.3) is 5.91 Å². The van der Waals surface area contributed by atoms with Crippen molar-refractivity contribution in [3.05, 3.63) is 82.6 Å². The van der Waals surface area contributed by atoms with E-state index < -0.39 is 0 Å². The third-order valence-corrected chi connectivity index (χ3v) is 4.11. The number of hydrogen-bond acceptors (Lipinski definition) is 3. The van der Waals surface area contributed by atoms with Crippen molar-refractivity contribution in [1.29, 1.82) is 0 Å². The summed E-state index contributed by atoms with van der Waals surface area (Å²) in [5.41, 5.74) is 5.09. The number of rotatable bonds is 4. The zero-order valence-corrected chi connectivity index (χ0v) is 14.8. The van der Waals surface area contributed by atoms with E-state index in [0.29, 0.717) is 16.3 Å². The first-order valence-corrected chi connectivity index (χ1v) is 8.26. The molecule has 2 N–H and O–H groups in total. The van der Waals surface area contributed by atoms with E-state index in [1.54, 1.807) is 24.4 Å². The van der Waals surface area contributed by atoms with Crippen LogP contribution in [0, 0.1) is 13.8 Å². The zero-order valence-electron chi connectivity index (χ0n) is 14.0. The molecule has 2 aromatic carbocycles. The lowest BCUT2D eigenvalue weighted by Crippen LogP contribution is -2.12. The van der Waals surface area contributed by atoms with Crippen molar-refractivity contribution in [3.63, 3.8) is 0 Å². The van der Waals surface area contributed by atoms with Crippen LogP contribution in [0.25, 0.3) is 0 Å². The number of nitrogens with zero attached hydrogens (tertiary/aromatic N) is 1. The first-order valence-electron chi connectivity index (χ1n) is 7.88. The van der Waals surface area contributed by atoms with Gasteiger partial charge in [-0.05, 0) is 43.7 Å². The number of aromatic nitrogens is 1. The van der Waals surface area contributed by atoms with Crippen molar-refractivity contribution in [2.45, 2.75) is 13.8 Å². The van der Waals surface area contributed by atoms with Gasteiger partial charge in [-0.25, -0.2) is 0 Å². The van der Waals surface area contributed by atoms with E-state index in [0.717, 1.165) is 16.9 Å². The smallest absolute Gasteiger partial charge is 0.257 e. The third kappa shape index (κ3) is 4.17. The van der Waals surface area contributed by atoms with Crippen molar-refractivity contribution in [2.24, 2.45) is 0 Å². The second kappa shape index (κ2) is 7.36. The molecule has 0 saturated heterocycles. The van der Waals surface area contributed by atoms with E-state index in [1.165, 1.54) is 11.8 Å². The van der Waals surface area contributed by atoms with Gasteiger partial charge in [0.15, 0.2) is 0 Å². The Morgan fingerprint density at radius 3 is 2.56 bits per heavy atom. The van der Waals surface area contributed by atoms with Crippen LogP contribution in [0.5, 0.6) is 0 Å². The zero-order chi connectivity index (χ0) is 17.8. The van der Waals surface area contributed by atoms with Crippen molar-refractivity contribution >= 4 is 34.6 Å². The molecule has 1 amide bonds. The van der Waals surface area contributed by atoms with E-state index in [4.69, 9.17) is 11.6 Å². The summed E-state index contributed by atoms with van der Waals surface area (Å²) >= 11 is 6.08. The Labute approximate surface area is 151 Å². The molecule has 0 spiro atoms. The average Bonchev–Trinajstić information content (AvgIpc) is 2.60. The maximum Gasteiger partial charge on any atom is 0.257 e. The number of nitrogens with one attached hydrogen (secondary N) is 2. The Bertz CT molecular complexity index is 924. The Morgan fingerprint density at radius 1 is 1.00 bits per heavy atom. The summed E-state index contributed by atoms with van der Waals surface area (Å²) in [4.78, 5) is 16.6. The Hall–Kier alpha value is -2.85. The van der Waals surface area contributed by atoms with Crippen LogP contribution in [0.4, 0.5) is 17.1 Å². The summed E-state index contributed by atoms with van der Waals surface area (Å²) < 4.78 is 0. The van der Waals surface area contributed by atoms with E-state index in [1.807, 2.05) is 31.2 Å². The van der Waals surface area contributed by atoms with Crippen molar-refractivity contribution in [1.82, 2.24) is 4.98 Å². The highest BCUT2D eigenvalue weighted by Gasteiger charge is 2.10. The summed E-state index contributed by atoms with van der Waals surface area (Å²) in [6, 6.07) is 15.0. The Morgan fingerprint density at radius 2 is 1.80 bits per heavy atom. The lowest BCUT2D eigenvalue weighted by molar-refractivity contribution is 0.102. The molecule has 0 atom stereocenters. The summed E-state index contributed by atoms with van der Waals surface area (Å²) in [6.07, 6.45) is 3.21. The average molecular weight is 352 g/mol. The van der Waals surface area contributed by atoms with Gasteiger partial charge in [-0.15, -0.1) is 0 Å². The van der Waals surface area contributed by atoms with Gasteiger partial charge in [0, 0.05) is 11.9 Å². The van der Waals surface area contributed by atoms with Crippen LogP contribution in [0.1, 0.15) is 21.5 Å². The highest BCUT2D eigenvalue weighted by atomic mass is 35.5. The standard InChI is InChI=1S/C20H18ClN3O/c1-13-7-8-18(14(2)9-13)23-16-10-15(11-22-12-16)20(25)24-19-6-4-3-5-17(19)21/h3-12,23H,1-2H3,(H,24,25). The largest absolute Gasteiger partial charge is 0.354 e. The molecule has 0 bridgehead atoms. The number of hydrogen-bond donors (Lipinski definition) is 2. The lowest BCUT2D eigenvalue weighted by Gasteiger charge is -2.11. The quantitative estimate of drug-likeness (QED) is 0.666. The number of amides is 1. The van der Waals surface area contributed by atoms with Crippen LogP contribution in [0.2, 0.25) is 5.02 Å². The van der Waals surface area contributed by atoms with Crippen LogP contribution in [0.15, 0.2) is 60.9 Å². The summed E-state index contributed by atoms with van der Waals surface area (Å²) in [6.45, 7) is 4.09. The third-order valence-electron chi connectivity index (χ3n) is 3.78. The van der Waals surface area contributed by atoms with Gasteiger partial charge in [-0.1, -0.05) is 41.4 Å². The van der Waals surface area contributed by atoms with Crippen LogP contribution in [0.3, 0.4) is 0 Å². The number of pyridine rings is 1. The lowest BCUT2D eigenvalue weighted by atomic mass is 10.1. The second-order valence-corrected chi connectivity index (χ2v) is 6.25. The number of carbonyl (C=O) groups is 1. The molecule has 0 aliphatic heterocycles. The molecular weight excluding hydrogens is 334 g/mol. The minimum atomic E-state index is -0.259. The van der Waals surface area contributed by atoms with Gasteiger partial charge in [-0.2, -0.15) is 0 Å². The molecule has 0 fully saturated rings. The fourth-order valence-corrected chi connectivity index (χ4v) is 2.68. The summed E-state index contributed by atoms with van der Waals surface area (Å²) in [5, 5.41) is 6.59. The normalized spacial score (nSPS) is 10.4. The van der Waals surface area contributed by atoms with Gasteiger partial charge in [0.2, 0.25) is 0 Å². The van der Waals surface area contributed by atoms with Crippen molar-refractivity contribution in [2.75, 3.05) is 10.6 Å². The van der Waals surface area contributed by atoms with Crippen LogP contribution >= 0.6 is 11.6 Å². The van der Waals surface area contributed by atoms with Crippen molar-refractivity contribution in [3.8, 4) is 0 Å². The van der Waals surface area contributed by atoms with E-state index in [2.05, 4.69) is 28.6 Å². The molecule has 0 unspecified atom stereocenters. The SMILES string of the molecule is Cc1ccc(Nc2cncc(C(=O)Nc3ccccc3Cl)c2)c(C)c1. The minimum absolute atomic E-state index is 0.259. The molecule has 3 aromatic rings. The molecule has 1 heterocycles. The van der Waals surface area contributed by atoms with Gasteiger partial charge >= 0.3 is 0 Å². The molecule has 0 radical (unpaired) electrons. The monoisotopic (exact) mass is 351 g/mol. The maximum absolute atomic E-state index is 12.4.